The van der Waals surface area contributed by atoms with Gasteiger partial charge in [-0.25, -0.2) is 4.79 Å². The molecule has 0 aromatic carbocycles. The van der Waals surface area contributed by atoms with Crippen molar-refractivity contribution in [3.05, 3.63) is 23.3 Å². The Kier molecular flexibility index (Phi) is 5.56. The number of hydrogen-bond donors (Lipinski definition) is 0. The van der Waals surface area contributed by atoms with Crippen LogP contribution < -0.4 is 0 Å². The zero-order valence-electron chi connectivity index (χ0n) is 22.7. The maximum atomic E-state index is 12.5. The second-order valence-corrected chi connectivity index (χ2v) is 13.3. The van der Waals surface area contributed by atoms with E-state index in [1.54, 1.807) is 0 Å². The number of hydrogen-bond acceptors (Lipinski definition) is 7. The molecule has 3 heterocycles. The molecule has 0 N–H and O–H groups in total. The van der Waals surface area contributed by atoms with Crippen LogP contribution in [-0.4, -0.2) is 47.4 Å². The fourth-order valence-corrected chi connectivity index (χ4v) is 9.48. The van der Waals surface area contributed by atoms with E-state index in [2.05, 4.69) is 33.8 Å². The summed E-state index contributed by atoms with van der Waals surface area (Å²) in [7, 11) is 0. The first-order valence-electron chi connectivity index (χ1n) is 14.1. The van der Waals surface area contributed by atoms with Crippen LogP contribution in [0.5, 0.6) is 0 Å². The Bertz CT molecular complexity index is 1090. The van der Waals surface area contributed by atoms with Gasteiger partial charge in [-0.2, -0.15) is 0 Å². The molecule has 2 saturated carbocycles. The molecule has 37 heavy (non-hydrogen) atoms. The zero-order chi connectivity index (χ0) is 26.4. The van der Waals surface area contributed by atoms with Crippen LogP contribution >= 0.6 is 0 Å². The van der Waals surface area contributed by atoms with E-state index in [-0.39, 0.29) is 53.7 Å². The molecule has 6 aliphatic rings. The summed E-state index contributed by atoms with van der Waals surface area (Å²) < 4.78 is 24.6. The number of ether oxygens (including phenoxy) is 4. The smallest absolute Gasteiger partial charge is 0.333 e. The first-order valence-corrected chi connectivity index (χ1v) is 14.1. The summed E-state index contributed by atoms with van der Waals surface area (Å²) in [6.45, 7) is 11.2. The summed E-state index contributed by atoms with van der Waals surface area (Å²) in [6, 6.07) is 0. The fraction of sp³-hybridized carbons (Fsp3) is 0.767. The Morgan fingerprint density at radius 2 is 1.89 bits per heavy atom. The van der Waals surface area contributed by atoms with E-state index in [1.807, 2.05) is 13.0 Å². The highest BCUT2D eigenvalue weighted by Gasteiger charge is 2.71. The van der Waals surface area contributed by atoms with Crippen LogP contribution in [0.2, 0.25) is 0 Å². The molecular formula is C30H40O7. The standard InChI is InChI=1S/C30H40O7/c1-17-6-10-22(35-26(17)33)18(2)19-7-8-20-21-9-11-23-27(3,4)36-24-14-25(32)37-30(23,24)15-29(21,34-16-31)13-12-28(19,20)5/h6,8,16,18-19,21-24H,7,9-15H2,1-5H3/t18-,19-,21-,22-,23-,24+,28+,29-,30+/m0/s1. The van der Waals surface area contributed by atoms with Crippen molar-refractivity contribution >= 4 is 18.4 Å². The normalized spacial score (nSPS) is 46.7. The molecule has 7 nitrogen and oxygen atoms in total. The average molecular weight is 513 g/mol. The topological polar surface area (TPSA) is 88.1 Å². The largest absolute Gasteiger partial charge is 0.460 e. The maximum absolute atomic E-state index is 12.5. The van der Waals surface area contributed by atoms with Crippen LogP contribution in [0.1, 0.15) is 86.0 Å². The van der Waals surface area contributed by atoms with Gasteiger partial charge in [-0.3, -0.25) is 9.59 Å². The van der Waals surface area contributed by atoms with Gasteiger partial charge in [-0.1, -0.05) is 31.6 Å². The molecule has 2 saturated heterocycles. The van der Waals surface area contributed by atoms with E-state index < -0.39 is 16.8 Å². The van der Waals surface area contributed by atoms with Gasteiger partial charge in [0.1, 0.15) is 23.4 Å². The van der Waals surface area contributed by atoms with Crippen molar-refractivity contribution in [2.45, 2.75) is 115 Å². The Labute approximate surface area is 219 Å². The SMILES string of the molecule is CC1=CC[C@@H]([C@@H](C)[C@@H]2CC=C3[C@@H]4CC[C@H]5C(C)(C)O[C@@H]6CC(=O)O[C@@]65C[C@@]4(OC=O)CC[C@@]32C)OC1=O. The average Bonchev–Trinajstić information content (AvgIpc) is 3.34. The molecule has 6 rings (SSSR count). The highest BCUT2D eigenvalue weighted by atomic mass is 16.6. The van der Waals surface area contributed by atoms with Crippen LogP contribution in [0.15, 0.2) is 23.3 Å². The van der Waals surface area contributed by atoms with Crippen LogP contribution in [0, 0.1) is 29.1 Å². The van der Waals surface area contributed by atoms with Gasteiger partial charge in [0.2, 0.25) is 0 Å². The summed E-state index contributed by atoms with van der Waals surface area (Å²) in [5.74, 6) is 0.254. The molecule has 0 radical (unpaired) electrons. The summed E-state index contributed by atoms with van der Waals surface area (Å²) in [4.78, 5) is 36.8. The summed E-state index contributed by atoms with van der Waals surface area (Å²) in [6.07, 6.45) is 9.72. The van der Waals surface area contributed by atoms with Crippen molar-refractivity contribution in [1.29, 1.82) is 0 Å². The lowest BCUT2D eigenvalue weighted by Gasteiger charge is -2.53. The van der Waals surface area contributed by atoms with E-state index in [0.717, 1.165) is 38.5 Å². The van der Waals surface area contributed by atoms with Crippen LogP contribution in [-0.2, 0) is 33.3 Å². The quantitative estimate of drug-likeness (QED) is 0.231. The lowest BCUT2D eigenvalue weighted by Crippen LogP contribution is -2.55. The summed E-state index contributed by atoms with van der Waals surface area (Å²) in [5, 5.41) is 0. The molecule has 0 unspecified atom stereocenters. The van der Waals surface area contributed by atoms with E-state index in [0.29, 0.717) is 24.4 Å². The molecule has 4 fully saturated rings. The van der Waals surface area contributed by atoms with Gasteiger partial charge in [-0.05, 0) is 70.1 Å². The third kappa shape index (κ3) is 3.44. The maximum Gasteiger partial charge on any atom is 0.333 e. The highest BCUT2D eigenvalue weighted by molar-refractivity contribution is 5.88. The third-order valence-electron chi connectivity index (χ3n) is 11.3. The molecule has 202 valence electrons. The van der Waals surface area contributed by atoms with Crippen molar-refractivity contribution < 1.29 is 33.3 Å². The minimum atomic E-state index is -0.752. The van der Waals surface area contributed by atoms with E-state index in [9.17, 15) is 14.4 Å². The minimum absolute atomic E-state index is 0.0498. The predicted octanol–water partition coefficient (Wildman–Crippen LogP) is 4.82. The molecule has 3 aliphatic carbocycles. The lowest BCUT2D eigenvalue weighted by molar-refractivity contribution is -0.175. The molecule has 7 heteroatoms. The van der Waals surface area contributed by atoms with E-state index >= 15 is 0 Å². The molecular weight excluding hydrogens is 472 g/mol. The summed E-state index contributed by atoms with van der Waals surface area (Å²) >= 11 is 0. The molecule has 0 amide bonds. The Balaban J connectivity index is 1.33. The van der Waals surface area contributed by atoms with Crippen molar-refractivity contribution in [1.82, 2.24) is 0 Å². The molecule has 0 aromatic heterocycles. The van der Waals surface area contributed by atoms with Gasteiger partial charge in [-0.15, -0.1) is 0 Å². The fourth-order valence-electron chi connectivity index (χ4n) is 9.48. The van der Waals surface area contributed by atoms with Crippen molar-refractivity contribution in [3.8, 4) is 0 Å². The van der Waals surface area contributed by atoms with Crippen molar-refractivity contribution in [2.75, 3.05) is 0 Å². The van der Waals surface area contributed by atoms with Crippen molar-refractivity contribution in [3.63, 3.8) is 0 Å². The van der Waals surface area contributed by atoms with Crippen LogP contribution in [0.25, 0.3) is 0 Å². The second kappa shape index (κ2) is 8.17. The molecule has 0 bridgehead atoms. The van der Waals surface area contributed by atoms with E-state index in [4.69, 9.17) is 18.9 Å². The molecule has 0 aromatic rings. The lowest BCUT2D eigenvalue weighted by atomic mass is 9.55. The van der Waals surface area contributed by atoms with Crippen LogP contribution in [0.4, 0.5) is 0 Å². The number of rotatable bonds is 4. The highest BCUT2D eigenvalue weighted by Crippen LogP contribution is 2.66. The number of esters is 2. The Morgan fingerprint density at radius 1 is 1.11 bits per heavy atom. The number of allylic oxidation sites excluding steroid dienone is 1. The monoisotopic (exact) mass is 512 g/mol. The van der Waals surface area contributed by atoms with Crippen LogP contribution in [0.3, 0.4) is 0 Å². The van der Waals surface area contributed by atoms with Gasteiger partial charge in [0, 0.05) is 30.3 Å². The number of fused-ring (bicyclic) bond motifs is 3. The van der Waals surface area contributed by atoms with Gasteiger partial charge < -0.3 is 18.9 Å². The molecule has 3 aliphatic heterocycles. The first-order chi connectivity index (χ1) is 17.5. The van der Waals surface area contributed by atoms with Gasteiger partial charge in [0.25, 0.3) is 6.47 Å². The second-order valence-electron chi connectivity index (χ2n) is 13.3. The molecule has 9 atom stereocenters. The first kappa shape index (κ1) is 25.1. The third-order valence-corrected chi connectivity index (χ3v) is 11.3. The summed E-state index contributed by atoms with van der Waals surface area (Å²) in [5.41, 5.74) is 0.124. The zero-order valence-corrected chi connectivity index (χ0v) is 22.7. The predicted molar refractivity (Wildman–Crippen MR) is 134 cm³/mol. The Morgan fingerprint density at radius 3 is 2.62 bits per heavy atom. The number of carbonyl (C=O) groups excluding carboxylic acids is 3. The minimum Gasteiger partial charge on any atom is -0.460 e. The van der Waals surface area contributed by atoms with Gasteiger partial charge in [0.05, 0.1) is 12.0 Å². The van der Waals surface area contributed by atoms with E-state index in [1.165, 1.54) is 5.57 Å². The van der Waals surface area contributed by atoms with Gasteiger partial charge in [0.15, 0.2) is 0 Å². The molecule has 1 spiro atoms. The number of carbonyl (C=O) groups is 3. The van der Waals surface area contributed by atoms with Gasteiger partial charge >= 0.3 is 11.9 Å². The number of cyclic esters (lactones) is 1. The van der Waals surface area contributed by atoms with Crippen molar-refractivity contribution in [2.24, 2.45) is 29.1 Å². The Hall–Kier alpha value is -2.15.